The smallest absolute Gasteiger partial charge is 0.295 e. The summed E-state index contributed by atoms with van der Waals surface area (Å²) in [6, 6.07) is 22.0. The number of benzene rings is 3. The molecule has 0 spiro atoms. The Labute approximate surface area is 208 Å². The van der Waals surface area contributed by atoms with Crippen LogP contribution in [0.1, 0.15) is 35.2 Å². The van der Waals surface area contributed by atoms with Gasteiger partial charge in [-0.3, -0.25) is 14.6 Å². The van der Waals surface area contributed by atoms with E-state index >= 15 is 0 Å². The second kappa shape index (κ2) is 8.64. The van der Waals surface area contributed by atoms with Crippen LogP contribution in [0.2, 0.25) is 0 Å². The molecule has 1 fully saturated rings. The molecule has 1 aromatic heterocycles. The molecule has 2 aliphatic heterocycles. The molecule has 1 amide bonds. The summed E-state index contributed by atoms with van der Waals surface area (Å²) in [5.41, 5.74) is 3.14. The Morgan fingerprint density at radius 2 is 1.89 bits per heavy atom. The summed E-state index contributed by atoms with van der Waals surface area (Å²) in [6.07, 6.45) is 4.12. The number of hydrogen-bond acceptors (Lipinski definition) is 5. The van der Waals surface area contributed by atoms with E-state index in [1.807, 2.05) is 67.6 Å². The van der Waals surface area contributed by atoms with Gasteiger partial charge in [0.15, 0.2) is 0 Å². The van der Waals surface area contributed by atoms with Gasteiger partial charge in [0.25, 0.3) is 11.7 Å². The number of aromatic nitrogens is 1. The lowest BCUT2D eigenvalue weighted by Crippen LogP contribution is -2.29. The zero-order chi connectivity index (χ0) is 24.8. The number of aliphatic hydroxyl groups excluding tert-OH is 1. The van der Waals surface area contributed by atoms with Crippen molar-refractivity contribution >= 4 is 28.2 Å². The lowest BCUT2D eigenvalue weighted by Gasteiger charge is -2.26. The number of hydrogen-bond donors (Lipinski definition) is 1. The Hall–Kier alpha value is -4.45. The third-order valence-corrected chi connectivity index (χ3v) is 6.90. The van der Waals surface area contributed by atoms with Crippen molar-refractivity contribution in [1.29, 1.82) is 0 Å². The predicted molar refractivity (Wildman–Crippen MR) is 136 cm³/mol. The van der Waals surface area contributed by atoms with E-state index in [1.165, 1.54) is 4.90 Å². The summed E-state index contributed by atoms with van der Waals surface area (Å²) in [6.45, 7) is 2.18. The molecule has 6 rings (SSSR count). The quantitative estimate of drug-likeness (QED) is 0.249. The van der Waals surface area contributed by atoms with E-state index in [-0.39, 0.29) is 24.0 Å². The van der Waals surface area contributed by atoms with E-state index < -0.39 is 17.7 Å². The van der Waals surface area contributed by atoms with Gasteiger partial charge < -0.3 is 14.7 Å². The van der Waals surface area contributed by atoms with Gasteiger partial charge in [0, 0.05) is 30.9 Å². The molecule has 4 aromatic rings. The fourth-order valence-electron chi connectivity index (χ4n) is 5.27. The van der Waals surface area contributed by atoms with Gasteiger partial charge in [-0.25, -0.2) is 0 Å². The number of aliphatic hydroxyl groups is 1. The van der Waals surface area contributed by atoms with E-state index in [9.17, 15) is 14.7 Å². The molecule has 0 aliphatic carbocycles. The zero-order valence-corrected chi connectivity index (χ0v) is 19.7. The molecule has 178 valence electrons. The lowest BCUT2D eigenvalue weighted by atomic mass is 9.91. The minimum absolute atomic E-state index is 0.0538. The molecule has 0 bridgehead atoms. The Bertz CT molecular complexity index is 1540. The van der Waals surface area contributed by atoms with E-state index in [2.05, 4.69) is 4.98 Å². The number of ketones is 1. The fourth-order valence-corrected chi connectivity index (χ4v) is 5.27. The first-order chi connectivity index (χ1) is 17.5. The van der Waals surface area contributed by atoms with Crippen LogP contribution in [0.5, 0.6) is 5.75 Å². The summed E-state index contributed by atoms with van der Waals surface area (Å²) in [7, 11) is 0. The summed E-state index contributed by atoms with van der Waals surface area (Å²) < 4.78 is 5.79. The summed E-state index contributed by atoms with van der Waals surface area (Å²) in [5, 5.41) is 13.4. The number of carbonyl (C=O) groups excluding carboxylic acids is 2. The molecule has 0 radical (unpaired) electrons. The maximum absolute atomic E-state index is 13.5. The van der Waals surface area contributed by atoms with Crippen molar-refractivity contribution < 1.29 is 19.4 Å². The van der Waals surface area contributed by atoms with Gasteiger partial charge >= 0.3 is 0 Å². The number of carbonyl (C=O) groups is 2. The highest BCUT2D eigenvalue weighted by Crippen LogP contribution is 2.43. The van der Waals surface area contributed by atoms with Gasteiger partial charge in [-0.1, -0.05) is 48.5 Å². The summed E-state index contributed by atoms with van der Waals surface area (Å²) in [4.78, 5) is 32.6. The predicted octanol–water partition coefficient (Wildman–Crippen LogP) is 5.18. The highest BCUT2D eigenvalue weighted by atomic mass is 16.5. The topological polar surface area (TPSA) is 79.7 Å². The van der Waals surface area contributed by atoms with Crippen molar-refractivity contribution in [3.8, 4) is 5.75 Å². The second-order valence-corrected chi connectivity index (χ2v) is 9.31. The molecule has 1 N–H and O–H groups in total. The molecular weight excluding hydrogens is 452 g/mol. The van der Waals surface area contributed by atoms with Crippen molar-refractivity contribution in [1.82, 2.24) is 9.88 Å². The maximum Gasteiger partial charge on any atom is 0.295 e. The number of rotatable bonds is 4. The van der Waals surface area contributed by atoms with Crippen molar-refractivity contribution in [3.63, 3.8) is 0 Å². The third-order valence-electron chi connectivity index (χ3n) is 6.90. The number of likely N-dealkylation sites (tertiary alicyclic amines) is 1. The number of nitrogens with zero attached hydrogens (tertiary/aromatic N) is 2. The molecule has 3 aromatic carbocycles. The number of fused-ring (bicyclic) bond motifs is 2. The highest BCUT2D eigenvalue weighted by molar-refractivity contribution is 6.46. The third kappa shape index (κ3) is 3.62. The van der Waals surface area contributed by atoms with Crippen molar-refractivity contribution in [3.05, 3.63) is 113 Å². The van der Waals surface area contributed by atoms with E-state index in [0.29, 0.717) is 5.56 Å². The molecule has 6 heteroatoms. The minimum Gasteiger partial charge on any atom is -0.507 e. The highest BCUT2D eigenvalue weighted by Gasteiger charge is 2.46. The lowest BCUT2D eigenvalue weighted by molar-refractivity contribution is -0.140. The van der Waals surface area contributed by atoms with Crippen LogP contribution in [-0.4, -0.2) is 32.8 Å². The molecule has 0 saturated carbocycles. The second-order valence-electron chi connectivity index (χ2n) is 9.31. The Balaban J connectivity index is 1.54. The van der Waals surface area contributed by atoms with Crippen LogP contribution in [0.15, 0.2) is 90.8 Å². The minimum atomic E-state index is -0.750. The van der Waals surface area contributed by atoms with E-state index in [1.54, 1.807) is 24.5 Å². The Kier molecular flexibility index (Phi) is 5.29. The average molecular weight is 477 g/mol. The largest absolute Gasteiger partial charge is 0.507 e. The Morgan fingerprint density at radius 1 is 1.06 bits per heavy atom. The maximum atomic E-state index is 13.5. The normalized spacial score (nSPS) is 20.5. The summed E-state index contributed by atoms with van der Waals surface area (Å²) in [5.74, 6) is -0.736. The molecule has 3 heterocycles. The molecule has 6 nitrogen and oxygen atoms in total. The van der Waals surface area contributed by atoms with Gasteiger partial charge in [-0.05, 0) is 58.7 Å². The molecule has 2 aliphatic rings. The average Bonchev–Trinajstić information content (AvgIpc) is 3.39. The van der Waals surface area contributed by atoms with Crippen molar-refractivity contribution in [2.24, 2.45) is 0 Å². The molecule has 36 heavy (non-hydrogen) atoms. The molecular formula is C30H24N2O4. The van der Waals surface area contributed by atoms with Gasteiger partial charge in [0.05, 0.1) is 11.6 Å². The van der Waals surface area contributed by atoms with Crippen molar-refractivity contribution in [2.45, 2.75) is 32.0 Å². The van der Waals surface area contributed by atoms with Crippen LogP contribution < -0.4 is 4.74 Å². The van der Waals surface area contributed by atoms with Gasteiger partial charge in [0.1, 0.15) is 17.6 Å². The fraction of sp³-hybridized carbons (Fsp3) is 0.167. The van der Waals surface area contributed by atoms with Crippen LogP contribution in [0.3, 0.4) is 0 Å². The monoisotopic (exact) mass is 476 g/mol. The summed E-state index contributed by atoms with van der Waals surface area (Å²) >= 11 is 0. The molecule has 0 unspecified atom stereocenters. The number of ether oxygens (including phenoxy) is 1. The van der Waals surface area contributed by atoms with Gasteiger partial charge in [0.2, 0.25) is 0 Å². The Morgan fingerprint density at radius 3 is 2.72 bits per heavy atom. The SMILES string of the molecule is C[C@@H]1Cc2cc(C(O)=C3C(=O)C(=O)N(Cc4cccnc4)[C@H]3c3cccc4ccccc34)ccc2O1. The number of amides is 1. The van der Waals surface area contributed by atoms with Gasteiger partial charge in [-0.15, -0.1) is 0 Å². The van der Waals surface area contributed by atoms with Crippen LogP contribution in [0.4, 0.5) is 0 Å². The zero-order valence-electron chi connectivity index (χ0n) is 19.7. The van der Waals surface area contributed by atoms with Crippen LogP contribution >= 0.6 is 0 Å². The van der Waals surface area contributed by atoms with Crippen LogP contribution in [-0.2, 0) is 22.6 Å². The number of Topliss-reactive ketones (excluding diaryl/α,β-unsaturated/α-hetero) is 1. The standard InChI is InChI=1S/C30H24N2O4/c1-18-14-22-15-21(11-12-25(22)36-18)28(33)26-27(24-10-4-8-20-7-2-3-9-23(20)24)32(30(35)29(26)34)17-19-6-5-13-31-16-19/h2-13,15-16,18,27,33H,14,17H2,1H3/t18-,27+/m1/s1. The first-order valence-corrected chi connectivity index (χ1v) is 12.0. The van der Waals surface area contributed by atoms with Crippen LogP contribution in [0, 0.1) is 0 Å². The van der Waals surface area contributed by atoms with Crippen LogP contribution in [0.25, 0.3) is 16.5 Å². The molecule has 2 atom stereocenters. The number of pyridine rings is 1. The van der Waals surface area contributed by atoms with E-state index in [4.69, 9.17) is 4.74 Å². The molecule has 1 saturated heterocycles. The first-order valence-electron chi connectivity index (χ1n) is 12.0. The van der Waals surface area contributed by atoms with Gasteiger partial charge in [-0.2, -0.15) is 0 Å². The van der Waals surface area contributed by atoms with E-state index in [0.717, 1.165) is 39.6 Å². The first kappa shape index (κ1) is 22.0. The van der Waals surface area contributed by atoms with Crippen molar-refractivity contribution in [2.75, 3.05) is 0 Å².